The number of carbonyl (C=O) groups excluding carboxylic acids is 1. The summed E-state index contributed by atoms with van der Waals surface area (Å²) in [5, 5.41) is 3.73. The second-order valence-electron chi connectivity index (χ2n) is 4.83. The molecule has 0 aliphatic rings. The minimum Gasteiger partial charge on any atom is -0.351 e. The van der Waals surface area contributed by atoms with E-state index in [2.05, 4.69) is 15.3 Å². The second kappa shape index (κ2) is 6.53. The van der Waals surface area contributed by atoms with Crippen molar-refractivity contribution in [1.29, 1.82) is 0 Å². The Morgan fingerprint density at radius 1 is 1.27 bits per heavy atom. The van der Waals surface area contributed by atoms with Crippen LogP contribution in [0.5, 0.6) is 0 Å². The Hall–Kier alpha value is -2.47. The van der Waals surface area contributed by atoms with Crippen LogP contribution in [0.15, 0.2) is 48.9 Å². The summed E-state index contributed by atoms with van der Waals surface area (Å²) >= 11 is 1.40. The van der Waals surface area contributed by atoms with Gasteiger partial charge in [0.05, 0.1) is 5.69 Å². The van der Waals surface area contributed by atoms with Crippen molar-refractivity contribution in [2.45, 2.75) is 13.3 Å². The quantitative estimate of drug-likeness (QED) is 0.788. The molecule has 3 heterocycles. The Bertz CT molecular complexity index is 750. The maximum absolute atomic E-state index is 12.3. The minimum atomic E-state index is -0.0793. The zero-order valence-corrected chi connectivity index (χ0v) is 13.0. The Morgan fingerprint density at radius 3 is 2.82 bits per heavy atom. The van der Waals surface area contributed by atoms with Gasteiger partial charge in [0.25, 0.3) is 5.91 Å². The molecule has 112 valence electrons. The van der Waals surface area contributed by atoms with Crippen LogP contribution in [-0.4, -0.2) is 27.0 Å². The molecule has 0 saturated carbocycles. The Labute approximate surface area is 132 Å². The SMILES string of the molecule is Cc1nc(-n2cccc2)sc1C(=O)NCCc1ccccn1. The number of rotatable bonds is 5. The van der Waals surface area contributed by atoms with Gasteiger partial charge in [-0.3, -0.25) is 9.78 Å². The highest BCUT2D eigenvalue weighted by atomic mass is 32.1. The lowest BCUT2D eigenvalue weighted by Crippen LogP contribution is -2.25. The molecule has 0 aliphatic carbocycles. The summed E-state index contributed by atoms with van der Waals surface area (Å²) in [7, 11) is 0. The first-order valence-electron chi connectivity index (χ1n) is 7.03. The number of hydrogen-bond acceptors (Lipinski definition) is 4. The summed E-state index contributed by atoms with van der Waals surface area (Å²) in [5.74, 6) is -0.0793. The van der Waals surface area contributed by atoms with Gasteiger partial charge in [-0.05, 0) is 31.2 Å². The zero-order valence-electron chi connectivity index (χ0n) is 12.2. The highest BCUT2D eigenvalue weighted by Gasteiger charge is 2.15. The molecular formula is C16H16N4OS. The summed E-state index contributed by atoms with van der Waals surface area (Å²) in [6.07, 6.45) is 6.31. The van der Waals surface area contributed by atoms with Crippen molar-refractivity contribution in [1.82, 2.24) is 19.9 Å². The van der Waals surface area contributed by atoms with E-state index in [1.54, 1.807) is 6.20 Å². The highest BCUT2D eigenvalue weighted by Crippen LogP contribution is 2.21. The molecule has 0 radical (unpaired) electrons. The van der Waals surface area contributed by atoms with E-state index in [1.165, 1.54) is 11.3 Å². The number of pyridine rings is 1. The first kappa shape index (κ1) is 14.5. The van der Waals surface area contributed by atoms with E-state index in [4.69, 9.17) is 0 Å². The molecular weight excluding hydrogens is 296 g/mol. The van der Waals surface area contributed by atoms with Crippen LogP contribution in [-0.2, 0) is 6.42 Å². The second-order valence-corrected chi connectivity index (χ2v) is 5.81. The molecule has 3 rings (SSSR count). The topological polar surface area (TPSA) is 59.8 Å². The number of nitrogens with one attached hydrogen (secondary N) is 1. The normalized spacial score (nSPS) is 10.6. The fourth-order valence-electron chi connectivity index (χ4n) is 2.10. The maximum atomic E-state index is 12.3. The predicted octanol–water partition coefficient (Wildman–Crippen LogP) is 2.61. The van der Waals surface area contributed by atoms with E-state index in [9.17, 15) is 4.79 Å². The van der Waals surface area contributed by atoms with Crippen LogP contribution in [0.25, 0.3) is 5.13 Å². The predicted molar refractivity (Wildman–Crippen MR) is 86.5 cm³/mol. The van der Waals surface area contributed by atoms with Crippen LogP contribution in [0.2, 0.25) is 0 Å². The van der Waals surface area contributed by atoms with E-state index in [-0.39, 0.29) is 5.91 Å². The molecule has 0 saturated heterocycles. The lowest BCUT2D eigenvalue weighted by molar-refractivity contribution is 0.0957. The zero-order chi connectivity index (χ0) is 15.4. The van der Waals surface area contributed by atoms with Gasteiger partial charge in [0.2, 0.25) is 0 Å². The monoisotopic (exact) mass is 312 g/mol. The van der Waals surface area contributed by atoms with Crippen molar-refractivity contribution in [3.05, 3.63) is 65.2 Å². The van der Waals surface area contributed by atoms with Crippen LogP contribution in [0.1, 0.15) is 21.1 Å². The Balaban J connectivity index is 1.63. The van der Waals surface area contributed by atoms with Crippen molar-refractivity contribution in [3.63, 3.8) is 0 Å². The molecule has 1 amide bonds. The third-order valence-corrected chi connectivity index (χ3v) is 4.38. The van der Waals surface area contributed by atoms with Gasteiger partial charge in [0.1, 0.15) is 4.88 Å². The number of aromatic nitrogens is 3. The van der Waals surface area contributed by atoms with Gasteiger partial charge in [0.15, 0.2) is 5.13 Å². The molecule has 3 aromatic heterocycles. The van der Waals surface area contributed by atoms with Gasteiger partial charge in [-0.2, -0.15) is 0 Å². The largest absolute Gasteiger partial charge is 0.351 e. The summed E-state index contributed by atoms with van der Waals surface area (Å²) in [6, 6.07) is 9.65. The summed E-state index contributed by atoms with van der Waals surface area (Å²) in [4.78, 5) is 21.6. The number of hydrogen-bond donors (Lipinski definition) is 1. The number of thiazole rings is 1. The Kier molecular flexibility index (Phi) is 4.29. The molecule has 22 heavy (non-hydrogen) atoms. The summed E-state index contributed by atoms with van der Waals surface area (Å²) in [6.45, 7) is 2.42. The first-order valence-corrected chi connectivity index (χ1v) is 7.84. The average Bonchev–Trinajstić information content (AvgIpc) is 3.17. The molecule has 1 N–H and O–H groups in total. The molecule has 0 aromatic carbocycles. The smallest absolute Gasteiger partial charge is 0.263 e. The van der Waals surface area contributed by atoms with Crippen LogP contribution >= 0.6 is 11.3 Å². The third kappa shape index (κ3) is 3.23. The molecule has 0 bridgehead atoms. The van der Waals surface area contributed by atoms with Gasteiger partial charge in [-0.25, -0.2) is 4.98 Å². The van der Waals surface area contributed by atoms with Crippen LogP contribution in [0.3, 0.4) is 0 Å². The van der Waals surface area contributed by atoms with Gasteiger partial charge in [-0.15, -0.1) is 0 Å². The average molecular weight is 312 g/mol. The third-order valence-electron chi connectivity index (χ3n) is 3.21. The van der Waals surface area contributed by atoms with Crippen LogP contribution < -0.4 is 5.32 Å². The first-order chi connectivity index (χ1) is 10.7. The molecule has 6 heteroatoms. The number of carbonyl (C=O) groups is 1. The molecule has 0 aliphatic heterocycles. The fraction of sp³-hybridized carbons (Fsp3) is 0.188. The van der Waals surface area contributed by atoms with Crippen molar-refractivity contribution >= 4 is 17.2 Å². The van der Waals surface area contributed by atoms with Crippen molar-refractivity contribution < 1.29 is 4.79 Å². The van der Waals surface area contributed by atoms with Gasteiger partial charge in [-0.1, -0.05) is 17.4 Å². The Morgan fingerprint density at radius 2 is 2.09 bits per heavy atom. The number of amides is 1. The molecule has 5 nitrogen and oxygen atoms in total. The molecule has 0 fully saturated rings. The van der Waals surface area contributed by atoms with E-state index in [0.29, 0.717) is 11.4 Å². The van der Waals surface area contributed by atoms with E-state index >= 15 is 0 Å². The molecule has 0 unspecified atom stereocenters. The van der Waals surface area contributed by atoms with E-state index in [1.807, 2.05) is 54.2 Å². The van der Waals surface area contributed by atoms with E-state index < -0.39 is 0 Å². The number of nitrogens with zero attached hydrogens (tertiary/aromatic N) is 3. The molecule has 0 atom stereocenters. The summed E-state index contributed by atoms with van der Waals surface area (Å²) < 4.78 is 1.91. The standard InChI is InChI=1S/C16H16N4OS/c1-12-14(22-16(19-12)20-10-4-5-11-20)15(21)18-9-7-13-6-2-3-8-17-13/h2-6,8,10-11H,7,9H2,1H3,(H,18,21). The minimum absolute atomic E-state index is 0.0793. The van der Waals surface area contributed by atoms with Gasteiger partial charge in [0, 0.05) is 37.3 Å². The van der Waals surface area contributed by atoms with Gasteiger partial charge >= 0.3 is 0 Å². The van der Waals surface area contributed by atoms with E-state index in [0.717, 1.165) is 22.9 Å². The fourth-order valence-corrected chi connectivity index (χ4v) is 3.05. The van der Waals surface area contributed by atoms with Crippen LogP contribution in [0, 0.1) is 6.92 Å². The lowest BCUT2D eigenvalue weighted by atomic mass is 10.2. The van der Waals surface area contributed by atoms with Crippen molar-refractivity contribution in [3.8, 4) is 5.13 Å². The number of aryl methyl sites for hydroxylation is 1. The van der Waals surface area contributed by atoms with Crippen molar-refractivity contribution in [2.75, 3.05) is 6.54 Å². The van der Waals surface area contributed by atoms with Crippen molar-refractivity contribution in [2.24, 2.45) is 0 Å². The van der Waals surface area contributed by atoms with Crippen LogP contribution in [0.4, 0.5) is 0 Å². The summed E-state index contributed by atoms with van der Waals surface area (Å²) in [5.41, 5.74) is 1.72. The van der Waals surface area contributed by atoms with Gasteiger partial charge < -0.3 is 9.88 Å². The lowest BCUT2D eigenvalue weighted by Gasteiger charge is -2.03. The molecule has 0 spiro atoms. The molecule has 3 aromatic rings. The highest BCUT2D eigenvalue weighted by molar-refractivity contribution is 7.16. The maximum Gasteiger partial charge on any atom is 0.263 e.